The summed E-state index contributed by atoms with van der Waals surface area (Å²) < 4.78 is 0. The number of benzene rings is 1. The highest BCUT2D eigenvalue weighted by Crippen LogP contribution is 2.27. The van der Waals surface area contributed by atoms with Crippen molar-refractivity contribution < 1.29 is 0 Å². The van der Waals surface area contributed by atoms with Gasteiger partial charge in [0, 0.05) is 25.1 Å². The largest absolute Gasteiger partial charge is 0.349 e. The second kappa shape index (κ2) is 5.41. The zero-order valence-electron chi connectivity index (χ0n) is 10.5. The molecule has 0 saturated carbocycles. The van der Waals surface area contributed by atoms with Crippen LogP contribution in [0.3, 0.4) is 0 Å². The van der Waals surface area contributed by atoms with E-state index in [9.17, 15) is 0 Å². The highest BCUT2D eigenvalue weighted by atomic mass is 35.5. The van der Waals surface area contributed by atoms with Gasteiger partial charge in [0.05, 0.1) is 0 Å². The molecule has 0 saturated heterocycles. The van der Waals surface area contributed by atoms with Crippen LogP contribution in [0.15, 0.2) is 48.8 Å². The van der Waals surface area contributed by atoms with Gasteiger partial charge in [-0.1, -0.05) is 54.1 Å². The standard InChI is InChI=1S/C15H14ClN3/c16-14-13(10-12-6-2-1-3-7-12)15(18-11-17-14)19-8-4-5-9-19/h1-7,11H,8-10H2. The number of halogens is 1. The molecule has 4 heteroatoms. The molecule has 1 aliphatic rings. The summed E-state index contributed by atoms with van der Waals surface area (Å²) in [6, 6.07) is 10.3. The first-order chi connectivity index (χ1) is 9.34. The molecule has 0 radical (unpaired) electrons. The molecule has 1 aromatic carbocycles. The summed E-state index contributed by atoms with van der Waals surface area (Å²) >= 11 is 6.26. The van der Waals surface area contributed by atoms with Crippen molar-refractivity contribution in [3.63, 3.8) is 0 Å². The molecule has 1 aromatic heterocycles. The van der Waals surface area contributed by atoms with Crippen molar-refractivity contribution in [1.29, 1.82) is 0 Å². The van der Waals surface area contributed by atoms with Crippen molar-refractivity contribution in [2.75, 3.05) is 18.0 Å². The van der Waals surface area contributed by atoms with Gasteiger partial charge in [0.1, 0.15) is 17.3 Å². The number of anilines is 1. The number of aromatic nitrogens is 2. The molecule has 2 aromatic rings. The maximum Gasteiger partial charge on any atom is 0.138 e. The fourth-order valence-electron chi connectivity index (χ4n) is 2.26. The monoisotopic (exact) mass is 271 g/mol. The van der Waals surface area contributed by atoms with E-state index in [1.807, 2.05) is 18.2 Å². The Morgan fingerprint density at radius 3 is 2.53 bits per heavy atom. The Morgan fingerprint density at radius 1 is 1.05 bits per heavy atom. The van der Waals surface area contributed by atoms with Crippen LogP contribution < -0.4 is 4.90 Å². The Labute approximate surface area is 117 Å². The Hall–Kier alpha value is -1.87. The molecule has 2 heterocycles. The maximum absolute atomic E-state index is 6.26. The summed E-state index contributed by atoms with van der Waals surface area (Å²) in [6.07, 6.45) is 6.57. The van der Waals surface area contributed by atoms with E-state index in [1.165, 1.54) is 11.9 Å². The molecule has 3 rings (SSSR count). The van der Waals surface area contributed by atoms with Gasteiger partial charge >= 0.3 is 0 Å². The number of nitrogens with zero attached hydrogens (tertiary/aromatic N) is 3. The third-order valence-corrected chi connectivity index (χ3v) is 3.54. The highest BCUT2D eigenvalue weighted by Gasteiger charge is 2.17. The van der Waals surface area contributed by atoms with Crippen LogP contribution in [0.1, 0.15) is 11.1 Å². The summed E-state index contributed by atoms with van der Waals surface area (Å²) in [4.78, 5) is 10.7. The first-order valence-corrected chi connectivity index (χ1v) is 6.65. The topological polar surface area (TPSA) is 29.0 Å². The molecule has 96 valence electrons. The SMILES string of the molecule is Clc1ncnc(N2CC=CC2)c1Cc1ccccc1. The van der Waals surface area contributed by atoms with Gasteiger partial charge in [-0.2, -0.15) is 0 Å². The lowest BCUT2D eigenvalue weighted by Gasteiger charge is -2.20. The Balaban J connectivity index is 1.95. The summed E-state index contributed by atoms with van der Waals surface area (Å²) in [7, 11) is 0. The molecule has 0 N–H and O–H groups in total. The molecule has 0 spiro atoms. The Morgan fingerprint density at radius 2 is 1.79 bits per heavy atom. The number of hydrogen-bond acceptors (Lipinski definition) is 3. The van der Waals surface area contributed by atoms with Gasteiger partial charge in [-0.3, -0.25) is 0 Å². The minimum atomic E-state index is 0.542. The van der Waals surface area contributed by atoms with E-state index < -0.39 is 0 Å². The van der Waals surface area contributed by atoms with E-state index >= 15 is 0 Å². The van der Waals surface area contributed by atoms with Crippen molar-refractivity contribution in [3.05, 3.63) is 65.1 Å². The van der Waals surface area contributed by atoms with Crippen LogP contribution in [0.5, 0.6) is 0 Å². The predicted octanol–water partition coefficient (Wildman–Crippen LogP) is 3.10. The van der Waals surface area contributed by atoms with Gasteiger partial charge in [0.25, 0.3) is 0 Å². The van der Waals surface area contributed by atoms with Crippen LogP contribution in [-0.4, -0.2) is 23.1 Å². The molecule has 0 amide bonds. The van der Waals surface area contributed by atoms with E-state index in [4.69, 9.17) is 11.6 Å². The van der Waals surface area contributed by atoms with E-state index in [2.05, 4.69) is 39.2 Å². The molecule has 19 heavy (non-hydrogen) atoms. The smallest absolute Gasteiger partial charge is 0.138 e. The van der Waals surface area contributed by atoms with E-state index in [0.29, 0.717) is 5.15 Å². The zero-order chi connectivity index (χ0) is 13.1. The van der Waals surface area contributed by atoms with Crippen molar-refractivity contribution >= 4 is 17.4 Å². The molecule has 1 aliphatic heterocycles. The van der Waals surface area contributed by atoms with Gasteiger partial charge in [-0.15, -0.1) is 0 Å². The van der Waals surface area contributed by atoms with Gasteiger partial charge in [0.2, 0.25) is 0 Å². The summed E-state index contributed by atoms with van der Waals surface area (Å²) in [5.74, 6) is 0.939. The molecular formula is C15H14ClN3. The summed E-state index contributed by atoms with van der Waals surface area (Å²) in [6.45, 7) is 1.77. The summed E-state index contributed by atoms with van der Waals surface area (Å²) in [5, 5.41) is 0.542. The normalized spacial score (nSPS) is 14.1. The van der Waals surface area contributed by atoms with Gasteiger partial charge in [-0.25, -0.2) is 9.97 Å². The van der Waals surface area contributed by atoms with Crippen molar-refractivity contribution in [2.24, 2.45) is 0 Å². The number of rotatable bonds is 3. The van der Waals surface area contributed by atoms with E-state index in [0.717, 1.165) is 30.9 Å². The van der Waals surface area contributed by atoms with E-state index in [1.54, 1.807) is 0 Å². The fraction of sp³-hybridized carbons (Fsp3) is 0.200. The molecular weight excluding hydrogens is 258 g/mol. The lowest BCUT2D eigenvalue weighted by Crippen LogP contribution is -2.22. The van der Waals surface area contributed by atoms with Gasteiger partial charge in [0.15, 0.2) is 0 Å². The first-order valence-electron chi connectivity index (χ1n) is 6.28. The minimum absolute atomic E-state index is 0.542. The average molecular weight is 272 g/mol. The molecule has 3 nitrogen and oxygen atoms in total. The molecule has 0 bridgehead atoms. The minimum Gasteiger partial charge on any atom is -0.349 e. The molecule has 0 fully saturated rings. The van der Waals surface area contributed by atoms with Crippen LogP contribution in [-0.2, 0) is 6.42 Å². The second-order valence-corrected chi connectivity index (χ2v) is 4.86. The molecule has 0 atom stereocenters. The fourth-order valence-corrected chi connectivity index (χ4v) is 2.45. The van der Waals surface area contributed by atoms with E-state index in [-0.39, 0.29) is 0 Å². The van der Waals surface area contributed by atoms with Gasteiger partial charge in [-0.05, 0) is 5.56 Å². The lowest BCUT2D eigenvalue weighted by molar-refractivity contribution is 0.928. The van der Waals surface area contributed by atoms with Crippen LogP contribution in [0, 0.1) is 0 Å². The van der Waals surface area contributed by atoms with Crippen LogP contribution in [0.2, 0.25) is 5.15 Å². The summed E-state index contributed by atoms with van der Waals surface area (Å²) in [5.41, 5.74) is 2.21. The van der Waals surface area contributed by atoms with Crippen LogP contribution >= 0.6 is 11.6 Å². The third kappa shape index (κ3) is 2.61. The molecule has 0 unspecified atom stereocenters. The van der Waals surface area contributed by atoms with Crippen LogP contribution in [0.4, 0.5) is 5.82 Å². The predicted molar refractivity (Wildman–Crippen MR) is 77.6 cm³/mol. The first kappa shape index (κ1) is 12.2. The molecule has 0 aliphatic carbocycles. The lowest BCUT2D eigenvalue weighted by atomic mass is 10.1. The second-order valence-electron chi connectivity index (χ2n) is 4.51. The van der Waals surface area contributed by atoms with Crippen molar-refractivity contribution in [1.82, 2.24) is 9.97 Å². The maximum atomic E-state index is 6.26. The van der Waals surface area contributed by atoms with Gasteiger partial charge < -0.3 is 4.90 Å². The van der Waals surface area contributed by atoms with Crippen molar-refractivity contribution in [3.8, 4) is 0 Å². The third-order valence-electron chi connectivity index (χ3n) is 3.21. The number of hydrogen-bond donors (Lipinski definition) is 0. The highest BCUT2D eigenvalue weighted by molar-refractivity contribution is 6.30. The van der Waals surface area contributed by atoms with Crippen LogP contribution in [0.25, 0.3) is 0 Å². The quantitative estimate of drug-likeness (QED) is 0.635. The Kier molecular flexibility index (Phi) is 3.47. The zero-order valence-corrected chi connectivity index (χ0v) is 11.2. The average Bonchev–Trinajstić information content (AvgIpc) is 2.96. The Bertz CT molecular complexity index is 588. The van der Waals surface area contributed by atoms with Crippen molar-refractivity contribution in [2.45, 2.75) is 6.42 Å².